The highest BCUT2D eigenvalue weighted by molar-refractivity contribution is 5.95. The first-order valence-electron chi connectivity index (χ1n) is 10.4. The van der Waals surface area contributed by atoms with Crippen molar-refractivity contribution >= 4 is 22.4 Å². The summed E-state index contributed by atoms with van der Waals surface area (Å²) in [5.41, 5.74) is 5.74. The van der Waals surface area contributed by atoms with Crippen LogP contribution < -0.4 is 0 Å². The minimum absolute atomic E-state index is 0.297. The molecule has 0 atom stereocenters. The molecule has 150 valence electrons. The molecule has 0 saturated carbocycles. The average molecular weight is 389 g/mol. The van der Waals surface area contributed by atoms with Crippen molar-refractivity contribution in [1.82, 2.24) is 9.88 Å². The minimum atomic E-state index is -0.297. The van der Waals surface area contributed by atoms with Crippen LogP contribution in [0.1, 0.15) is 40.7 Å². The van der Waals surface area contributed by atoms with Gasteiger partial charge in [0.15, 0.2) is 0 Å². The zero-order valence-corrected chi connectivity index (χ0v) is 17.0. The fourth-order valence-electron chi connectivity index (χ4n) is 4.12. The van der Waals surface area contributed by atoms with Crippen molar-refractivity contribution < 1.29 is 9.53 Å². The number of aryl methyl sites for hydroxylation is 1. The van der Waals surface area contributed by atoms with Gasteiger partial charge in [-0.05, 0) is 61.1 Å². The first-order chi connectivity index (χ1) is 14.2. The first kappa shape index (κ1) is 19.5. The van der Waals surface area contributed by atoms with Gasteiger partial charge in [-0.25, -0.2) is 4.79 Å². The van der Waals surface area contributed by atoms with Gasteiger partial charge in [0.25, 0.3) is 0 Å². The van der Waals surface area contributed by atoms with E-state index in [1.807, 2.05) is 18.2 Å². The molecule has 0 aliphatic carbocycles. The Morgan fingerprint density at radius 1 is 1.14 bits per heavy atom. The molecule has 4 nitrogen and oxygen atoms in total. The molecule has 4 heteroatoms. The number of unbranched alkanes of at least 4 members (excludes halogenated alkanes) is 1. The highest BCUT2D eigenvalue weighted by atomic mass is 16.5. The second kappa shape index (κ2) is 9.10. The number of nitrogens with one attached hydrogen (secondary N) is 1. The Morgan fingerprint density at radius 3 is 2.76 bits per heavy atom. The predicted octanol–water partition coefficient (Wildman–Crippen LogP) is 5.07. The Bertz CT molecular complexity index is 1000. The van der Waals surface area contributed by atoms with Gasteiger partial charge in [-0.3, -0.25) is 4.90 Å². The molecule has 0 spiro atoms. The lowest BCUT2D eigenvalue weighted by molar-refractivity contribution is 0.0601. The van der Waals surface area contributed by atoms with Gasteiger partial charge < -0.3 is 9.72 Å². The molecule has 0 unspecified atom stereocenters. The molecule has 0 fully saturated rings. The molecule has 3 aromatic rings. The third kappa shape index (κ3) is 4.60. The number of aromatic nitrogens is 1. The van der Waals surface area contributed by atoms with Crippen molar-refractivity contribution in [2.45, 2.75) is 25.7 Å². The van der Waals surface area contributed by atoms with Gasteiger partial charge in [-0.2, -0.15) is 0 Å². The lowest BCUT2D eigenvalue weighted by Crippen LogP contribution is -2.29. The maximum absolute atomic E-state index is 11.7. The lowest BCUT2D eigenvalue weighted by atomic mass is 9.99. The number of H-pyrrole nitrogens is 1. The molecule has 1 aliphatic heterocycles. The average Bonchev–Trinajstić information content (AvgIpc) is 3.19. The molecule has 1 aromatic heterocycles. The van der Waals surface area contributed by atoms with Crippen LogP contribution in [0.3, 0.4) is 0 Å². The quantitative estimate of drug-likeness (QED) is 0.454. The van der Waals surface area contributed by atoms with Gasteiger partial charge in [0, 0.05) is 30.2 Å². The first-order valence-corrected chi connectivity index (χ1v) is 10.4. The summed E-state index contributed by atoms with van der Waals surface area (Å²) >= 11 is 0. The van der Waals surface area contributed by atoms with Crippen molar-refractivity contribution in [1.29, 1.82) is 0 Å². The number of esters is 1. The van der Waals surface area contributed by atoms with Crippen LogP contribution in [0.25, 0.3) is 16.5 Å². The van der Waals surface area contributed by atoms with Crippen LogP contribution in [0.5, 0.6) is 0 Å². The largest absolute Gasteiger partial charge is 0.465 e. The Morgan fingerprint density at radius 2 is 2.00 bits per heavy atom. The van der Waals surface area contributed by atoms with E-state index >= 15 is 0 Å². The lowest BCUT2D eigenvalue weighted by Gasteiger charge is -2.26. The summed E-state index contributed by atoms with van der Waals surface area (Å²) in [6, 6.07) is 16.4. The number of hydrogen-bond donors (Lipinski definition) is 1. The minimum Gasteiger partial charge on any atom is -0.465 e. The predicted molar refractivity (Wildman–Crippen MR) is 118 cm³/mol. The Balaban J connectivity index is 1.26. The standard InChI is InChI=1S/C25H28N2O2/c1-29-25(28)21-10-11-23-22(18-26-24(23)17-21)9-5-6-14-27-15-12-20(13-16-27)19-7-3-2-4-8-19/h2-4,7-8,10-12,17-18,26H,5-6,9,13-16H2,1H3. The van der Waals surface area contributed by atoms with Crippen molar-refractivity contribution in [3.63, 3.8) is 0 Å². The van der Waals surface area contributed by atoms with Crippen LogP contribution in [0.4, 0.5) is 0 Å². The second-order valence-electron chi connectivity index (χ2n) is 7.67. The highest BCUT2D eigenvalue weighted by Crippen LogP contribution is 2.23. The normalized spacial score (nSPS) is 14.7. The number of carbonyl (C=O) groups excluding carboxylic acids is 1. The molecule has 29 heavy (non-hydrogen) atoms. The number of hydrogen-bond acceptors (Lipinski definition) is 3. The van der Waals surface area contributed by atoms with E-state index in [1.165, 1.54) is 35.6 Å². The summed E-state index contributed by atoms with van der Waals surface area (Å²) < 4.78 is 4.80. The molecular weight excluding hydrogens is 360 g/mol. The van der Waals surface area contributed by atoms with E-state index in [9.17, 15) is 4.79 Å². The molecule has 0 saturated heterocycles. The number of carbonyl (C=O) groups is 1. The summed E-state index contributed by atoms with van der Waals surface area (Å²) in [6.07, 6.45) is 9.00. The number of rotatable bonds is 7. The Labute approximate surface area is 172 Å². The van der Waals surface area contributed by atoms with Gasteiger partial charge in [0.05, 0.1) is 12.7 Å². The smallest absolute Gasteiger partial charge is 0.337 e. The number of nitrogens with zero attached hydrogens (tertiary/aromatic N) is 1. The maximum atomic E-state index is 11.7. The molecular formula is C25H28N2O2. The van der Waals surface area contributed by atoms with Crippen LogP contribution >= 0.6 is 0 Å². The molecule has 0 radical (unpaired) electrons. The maximum Gasteiger partial charge on any atom is 0.337 e. The van der Waals surface area contributed by atoms with Crippen LogP contribution in [-0.4, -0.2) is 42.6 Å². The van der Waals surface area contributed by atoms with Gasteiger partial charge in [-0.15, -0.1) is 0 Å². The summed E-state index contributed by atoms with van der Waals surface area (Å²) in [5.74, 6) is -0.297. The monoisotopic (exact) mass is 388 g/mol. The van der Waals surface area contributed by atoms with E-state index in [4.69, 9.17) is 4.74 Å². The SMILES string of the molecule is COC(=O)c1ccc2c(CCCCN3CC=C(c4ccccc4)CC3)c[nH]c2c1. The van der Waals surface area contributed by atoms with E-state index in [1.54, 1.807) is 0 Å². The number of ether oxygens (including phenoxy) is 1. The Kier molecular flexibility index (Phi) is 6.11. The van der Waals surface area contributed by atoms with E-state index in [0.29, 0.717) is 5.56 Å². The van der Waals surface area contributed by atoms with E-state index in [-0.39, 0.29) is 5.97 Å². The van der Waals surface area contributed by atoms with Crippen LogP contribution in [0, 0.1) is 0 Å². The zero-order chi connectivity index (χ0) is 20.1. The van der Waals surface area contributed by atoms with Gasteiger partial charge in [0.1, 0.15) is 0 Å². The fraction of sp³-hybridized carbons (Fsp3) is 0.320. The topological polar surface area (TPSA) is 45.3 Å². The molecule has 4 rings (SSSR count). The van der Waals surface area contributed by atoms with Crippen molar-refractivity contribution in [3.05, 3.63) is 77.5 Å². The van der Waals surface area contributed by atoms with Gasteiger partial charge in [0.2, 0.25) is 0 Å². The number of aromatic amines is 1. The molecule has 2 aromatic carbocycles. The fourth-order valence-corrected chi connectivity index (χ4v) is 4.12. The third-order valence-corrected chi connectivity index (χ3v) is 5.80. The number of methoxy groups -OCH3 is 1. The van der Waals surface area contributed by atoms with Crippen LogP contribution in [0.15, 0.2) is 60.8 Å². The number of fused-ring (bicyclic) bond motifs is 1. The number of benzene rings is 2. The summed E-state index contributed by atoms with van der Waals surface area (Å²) in [5, 5.41) is 1.20. The van der Waals surface area contributed by atoms with Crippen molar-refractivity contribution in [2.75, 3.05) is 26.7 Å². The third-order valence-electron chi connectivity index (χ3n) is 5.80. The van der Waals surface area contributed by atoms with E-state index < -0.39 is 0 Å². The molecule has 0 amide bonds. The zero-order valence-electron chi connectivity index (χ0n) is 17.0. The molecule has 1 aliphatic rings. The van der Waals surface area contributed by atoms with Gasteiger partial charge >= 0.3 is 5.97 Å². The molecule has 2 heterocycles. The van der Waals surface area contributed by atoms with Crippen molar-refractivity contribution in [2.24, 2.45) is 0 Å². The summed E-state index contributed by atoms with van der Waals surface area (Å²) in [6.45, 7) is 3.34. The highest BCUT2D eigenvalue weighted by Gasteiger charge is 2.13. The van der Waals surface area contributed by atoms with E-state index in [2.05, 4.69) is 52.5 Å². The molecule has 1 N–H and O–H groups in total. The van der Waals surface area contributed by atoms with E-state index in [0.717, 1.165) is 44.4 Å². The van der Waals surface area contributed by atoms with Gasteiger partial charge in [-0.1, -0.05) is 42.5 Å². The van der Waals surface area contributed by atoms with Crippen LogP contribution in [0.2, 0.25) is 0 Å². The second-order valence-corrected chi connectivity index (χ2v) is 7.67. The molecule has 0 bridgehead atoms. The van der Waals surface area contributed by atoms with Crippen molar-refractivity contribution in [3.8, 4) is 0 Å². The summed E-state index contributed by atoms with van der Waals surface area (Å²) in [7, 11) is 1.41. The Hall–Kier alpha value is -2.85. The summed E-state index contributed by atoms with van der Waals surface area (Å²) in [4.78, 5) is 17.5. The van der Waals surface area contributed by atoms with Crippen LogP contribution in [-0.2, 0) is 11.2 Å².